The quantitative estimate of drug-likeness (QED) is 0.262. The summed E-state index contributed by atoms with van der Waals surface area (Å²) in [6.45, 7) is 5.47. The average Bonchev–Trinajstić information content (AvgIpc) is 3.59. The van der Waals surface area contributed by atoms with Gasteiger partial charge in [-0.1, -0.05) is 61.7 Å². The number of benzene rings is 1. The maximum atomic E-state index is 13.5. The van der Waals surface area contributed by atoms with Gasteiger partial charge < -0.3 is 4.74 Å². The maximum absolute atomic E-state index is 13.5. The lowest BCUT2D eigenvalue weighted by atomic mass is 9.63. The molecule has 0 N–H and O–H groups in total. The molecule has 174 valence electrons. The first kappa shape index (κ1) is 22.1. The van der Waals surface area contributed by atoms with Gasteiger partial charge in [-0.05, 0) is 50.4 Å². The second-order valence-electron chi connectivity index (χ2n) is 10.2. The molecule has 1 aromatic carbocycles. The molecule has 1 saturated heterocycles. The van der Waals surface area contributed by atoms with Gasteiger partial charge in [0, 0.05) is 5.56 Å². The highest BCUT2D eigenvalue weighted by molar-refractivity contribution is 6.09. The molecule has 1 aliphatic heterocycles. The van der Waals surface area contributed by atoms with Gasteiger partial charge >= 0.3 is 5.97 Å². The summed E-state index contributed by atoms with van der Waals surface area (Å²) in [4.78, 5) is 54.2. The molecule has 6 nitrogen and oxygen atoms in total. The molecule has 3 fully saturated rings. The van der Waals surface area contributed by atoms with E-state index in [9.17, 15) is 19.2 Å². The van der Waals surface area contributed by atoms with E-state index in [4.69, 9.17) is 4.74 Å². The highest BCUT2D eigenvalue weighted by atomic mass is 16.5. The predicted molar refractivity (Wildman–Crippen MR) is 121 cm³/mol. The van der Waals surface area contributed by atoms with Crippen LogP contribution in [-0.4, -0.2) is 40.6 Å². The zero-order valence-corrected chi connectivity index (χ0v) is 19.4. The van der Waals surface area contributed by atoms with Gasteiger partial charge in [-0.2, -0.15) is 0 Å². The molecule has 8 unspecified atom stereocenters. The van der Waals surface area contributed by atoms with Crippen molar-refractivity contribution in [2.75, 3.05) is 0 Å². The molecule has 5 aliphatic rings. The molecule has 4 aliphatic carbocycles. The van der Waals surface area contributed by atoms with E-state index in [0.717, 1.165) is 18.4 Å². The zero-order chi connectivity index (χ0) is 23.4. The van der Waals surface area contributed by atoms with E-state index in [2.05, 4.69) is 12.2 Å². The minimum atomic E-state index is -0.995. The van der Waals surface area contributed by atoms with Crippen LogP contribution >= 0.6 is 0 Å². The van der Waals surface area contributed by atoms with E-state index in [-0.39, 0.29) is 41.3 Å². The number of unbranched alkanes of at least 4 members (excludes halogenated alkanes) is 1. The first-order chi connectivity index (χ1) is 15.8. The summed E-state index contributed by atoms with van der Waals surface area (Å²) < 4.78 is 5.57. The molecule has 8 atom stereocenters. The first-order valence-corrected chi connectivity index (χ1v) is 12.2. The zero-order valence-electron chi connectivity index (χ0n) is 19.4. The summed E-state index contributed by atoms with van der Waals surface area (Å²) in [7, 11) is 0. The van der Waals surface area contributed by atoms with Crippen molar-refractivity contribution in [2.45, 2.75) is 58.6 Å². The number of ether oxygens (including phenoxy) is 1. The second kappa shape index (κ2) is 8.23. The molecule has 1 aromatic rings. The van der Waals surface area contributed by atoms with Crippen LogP contribution in [0.1, 0.15) is 55.5 Å². The number of ketones is 1. The fourth-order valence-corrected chi connectivity index (χ4v) is 6.30. The van der Waals surface area contributed by atoms with E-state index in [1.807, 2.05) is 26.0 Å². The van der Waals surface area contributed by atoms with E-state index in [1.54, 1.807) is 19.1 Å². The summed E-state index contributed by atoms with van der Waals surface area (Å²) in [6.07, 6.45) is 6.20. The number of likely N-dealkylation sites (tertiary alicyclic amines) is 1. The SMILES string of the molecule is CCCCC(C(=O)OC(C)C(=O)c1ccc(C)cc1)N1C(=O)C2C3C=CC(C4CC34)C2C1=O. The lowest BCUT2D eigenvalue weighted by Gasteiger charge is -2.37. The van der Waals surface area contributed by atoms with Gasteiger partial charge in [0.2, 0.25) is 17.6 Å². The molecule has 6 rings (SSSR count). The van der Waals surface area contributed by atoms with Gasteiger partial charge in [-0.25, -0.2) is 4.79 Å². The maximum Gasteiger partial charge on any atom is 0.330 e. The van der Waals surface area contributed by atoms with Crippen molar-refractivity contribution in [3.05, 3.63) is 47.5 Å². The minimum absolute atomic E-state index is 0.108. The van der Waals surface area contributed by atoms with Crippen molar-refractivity contribution in [3.8, 4) is 0 Å². The van der Waals surface area contributed by atoms with Crippen LogP contribution in [0.2, 0.25) is 0 Å². The summed E-state index contributed by atoms with van der Waals surface area (Å²) in [6, 6.07) is 6.12. The van der Waals surface area contributed by atoms with Gasteiger partial charge in [0.15, 0.2) is 6.10 Å². The summed E-state index contributed by atoms with van der Waals surface area (Å²) >= 11 is 0. The number of Topliss-reactive ketones (excluding diaryl/α,β-unsaturated/α-hetero) is 1. The predicted octanol–water partition coefficient (Wildman–Crippen LogP) is 3.72. The van der Waals surface area contributed by atoms with E-state index in [1.165, 1.54) is 4.90 Å². The number of rotatable bonds is 8. The molecule has 1 heterocycles. The fourth-order valence-electron chi connectivity index (χ4n) is 6.30. The molecule has 2 saturated carbocycles. The van der Waals surface area contributed by atoms with Crippen molar-refractivity contribution < 1.29 is 23.9 Å². The molecule has 6 heteroatoms. The van der Waals surface area contributed by atoms with Crippen molar-refractivity contribution in [3.63, 3.8) is 0 Å². The number of carbonyl (C=O) groups is 4. The molecule has 0 aromatic heterocycles. The van der Waals surface area contributed by atoms with Crippen LogP contribution in [0.5, 0.6) is 0 Å². The monoisotopic (exact) mass is 449 g/mol. The topological polar surface area (TPSA) is 80.8 Å². The third-order valence-corrected chi connectivity index (χ3v) is 8.11. The van der Waals surface area contributed by atoms with Crippen molar-refractivity contribution >= 4 is 23.6 Å². The van der Waals surface area contributed by atoms with Crippen molar-refractivity contribution in [1.29, 1.82) is 0 Å². The van der Waals surface area contributed by atoms with Gasteiger partial charge in [-0.15, -0.1) is 0 Å². The third-order valence-electron chi connectivity index (χ3n) is 8.11. The van der Waals surface area contributed by atoms with Crippen molar-refractivity contribution in [2.24, 2.45) is 35.5 Å². The Kier molecular flexibility index (Phi) is 5.50. The molecule has 33 heavy (non-hydrogen) atoms. The van der Waals surface area contributed by atoms with Crippen LogP contribution in [0.15, 0.2) is 36.4 Å². The Labute approximate surface area is 194 Å². The largest absolute Gasteiger partial charge is 0.453 e. The number of hydrogen-bond acceptors (Lipinski definition) is 5. The van der Waals surface area contributed by atoms with Gasteiger partial charge in [-0.3, -0.25) is 19.3 Å². The van der Waals surface area contributed by atoms with Crippen LogP contribution < -0.4 is 0 Å². The Morgan fingerprint density at radius 3 is 2.15 bits per heavy atom. The molecular weight excluding hydrogens is 418 g/mol. The number of allylic oxidation sites excluding steroid dienone is 2. The van der Waals surface area contributed by atoms with E-state index >= 15 is 0 Å². The standard InChI is InChI=1S/C27H31NO5/c1-4-5-6-21(27(32)33-15(3)24(29)16-9-7-14(2)8-10-16)28-25(30)22-17-11-12-18(20-13-19(17)20)23(22)26(28)31/h7-12,15,17-23H,4-6,13H2,1-3H3. The van der Waals surface area contributed by atoms with Gasteiger partial charge in [0.25, 0.3) is 0 Å². The highest BCUT2D eigenvalue weighted by Crippen LogP contribution is 2.65. The average molecular weight is 450 g/mol. The minimum Gasteiger partial charge on any atom is -0.453 e. The van der Waals surface area contributed by atoms with Crippen LogP contribution in [0.4, 0.5) is 0 Å². The number of imide groups is 1. The Bertz CT molecular complexity index is 991. The molecular formula is C27H31NO5. The number of nitrogens with zero attached hydrogens (tertiary/aromatic N) is 1. The molecule has 0 radical (unpaired) electrons. The first-order valence-electron chi connectivity index (χ1n) is 12.2. The smallest absolute Gasteiger partial charge is 0.330 e. The number of amides is 2. The molecule has 0 spiro atoms. The fraction of sp³-hybridized carbons (Fsp3) is 0.556. The summed E-state index contributed by atoms with van der Waals surface area (Å²) in [5.74, 6) is -0.894. The van der Waals surface area contributed by atoms with Crippen LogP contribution in [0.3, 0.4) is 0 Å². The Hall–Kier alpha value is -2.76. The number of aryl methyl sites for hydroxylation is 1. The summed E-state index contributed by atoms with van der Waals surface area (Å²) in [5, 5.41) is 0. The normalized spacial score (nSPS) is 32.9. The third kappa shape index (κ3) is 3.54. The highest BCUT2D eigenvalue weighted by Gasteiger charge is 2.68. The van der Waals surface area contributed by atoms with Crippen molar-refractivity contribution in [1.82, 2.24) is 4.90 Å². The number of hydrogen-bond donors (Lipinski definition) is 0. The van der Waals surface area contributed by atoms with E-state index < -0.39 is 18.1 Å². The number of carbonyl (C=O) groups excluding carboxylic acids is 4. The van der Waals surface area contributed by atoms with Gasteiger partial charge in [0.1, 0.15) is 6.04 Å². The summed E-state index contributed by atoms with van der Waals surface area (Å²) in [5.41, 5.74) is 1.50. The van der Waals surface area contributed by atoms with Crippen LogP contribution in [-0.2, 0) is 19.1 Å². The van der Waals surface area contributed by atoms with Crippen LogP contribution in [0.25, 0.3) is 0 Å². The lowest BCUT2D eigenvalue weighted by molar-refractivity contribution is -0.161. The van der Waals surface area contributed by atoms with E-state index in [0.29, 0.717) is 30.2 Å². The van der Waals surface area contributed by atoms with Crippen LogP contribution in [0, 0.1) is 42.4 Å². The molecule has 2 bridgehead atoms. The second-order valence-corrected chi connectivity index (χ2v) is 10.2. The van der Waals surface area contributed by atoms with Gasteiger partial charge in [0.05, 0.1) is 11.8 Å². The Morgan fingerprint density at radius 1 is 1.03 bits per heavy atom. The number of esters is 1. The lowest BCUT2D eigenvalue weighted by Crippen LogP contribution is -2.47. The molecule has 2 amide bonds. The Morgan fingerprint density at radius 2 is 1.61 bits per heavy atom. The Balaban J connectivity index is 1.35.